The first-order chi connectivity index (χ1) is 9.83. The molecule has 2 atom stereocenters. The van der Waals surface area contributed by atoms with Crippen molar-refractivity contribution in [3.05, 3.63) is 66.0 Å². The van der Waals surface area contributed by atoms with E-state index in [0.29, 0.717) is 0 Å². The molecule has 0 bridgehead atoms. The zero-order valence-electron chi connectivity index (χ0n) is 11.4. The maximum Gasteiger partial charge on any atom is 0.157 e. The van der Waals surface area contributed by atoms with Crippen molar-refractivity contribution in [2.45, 2.75) is 19.0 Å². The molecule has 3 rings (SSSR count). The van der Waals surface area contributed by atoms with Crippen LogP contribution in [0.2, 0.25) is 0 Å². The van der Waals surface area contributed by atoms with Gasteiger partial charge in [0, 0.05) is 11.9 Å². The van der Waals surface area contributed by atoms with Crippen LogP contribution in [0.3, 0.4) is 0 Å². The van der Waals surface area contributed by atoms with Gasteiger partial charge in [-0.2, -0.15) is 0 Å². The highest BCUT2D eigenvalue weighted by Gasteiger charge is 2.21. The quantitative estimate of drug-likeness (QED) is 0.935. The SMILES string of the molecule is CC(NC1=NC(c2ccccc2)CS1)c1ccccn1. The molecule has 0 saturated heterocycles. The van der Waals surface area contributed by atoms with Crippen molar-refractivity contribution in [1.82, 2.24) is 10.3 Å². The summed E-state index contributed by atoms with van der Waals surface area (Å²) in [7, 11) is 0. The van der Waals surface area contributed by atoms with E-state index in [2.05, 4.69) is 41.5 Å². The Labute approximate surface area is 123 Å². The van der Waals surface area contributed by atoms with Crippen molar-refractivity contribution >= 4 is 16.9 Å². The second kappa shape index (κ2) is 6.09. The third-order valence-electron chi connectivity index (χ3n) is 3.31. The first kappa shape index (κ1) is 13.2. The predicted molar refractivity (Wildman–Crippen MR) is 84.9 cm³/mol. The first-order valence-corrected chi connectivity index (χ1v) is 7.74. The van der Waals surface area contributed by atoms with Crippen molar-refractivity contribution in [2.24, 2.45) is 4.99 Å². The summed E-state index contributed by atoms with van der Waals surface area (Å²) in [6.45, 7) is 2.11. The monoisotopic (exact) mass is 283 g/mol. The van der Waals surface area contributed by atoms with E-state index in [4.69, 9.17) is 4.99 Å². The van der Waals surface area contributed by atoms with E-state index >= 15 is 0 Å². The Hall–Kier alpha value is -1.81. The lowest BCUT2D eigenvalue weighted by atomic mass is 10.1. The molecular weight excluding hydrogens is 266 g/mol. The topological polar surface area (TPSA) is 37.3 Å². The number of nitrogens with one attached hydrogen (secondary N) is 1. The number of hydrogen-bond donors (Lipinski definition) is 1. The average Bonchev–Trinajstić information content (AvgIpc) is 2.97. The molecule has 1 aromatic carbocycles. The Morgan fingerprint density at radius 1 is 1.15 bits per heavy atom. The van der Waals surface area contributed by atoms with Gasteiger partial charge in [0.25, 0.3) is 0 Å². The van der Waals surface area contributed by atoms with Crippen molar-refractivity contribution in [3.63, 3.8) is 0 Å². The molecular formula is C16H17N3S. The molecule has 1 N–H and O–H groups in total. The van der Waals surface area contributed by atoms with E-state index in [1.807, 2.05) is 30.5 Å². The zero-order valence-corrected chi connectivity index (χ0v) is 12.2. The largest absolute Gasteiger partial charge is 0.357 e. The number of benzene rings is 1. The van der Waals surface area contributed by atoms with Gasteiger partial charge in [-0.3, -0.25) is 9.98 Å². The molecule has 4 heteroatoms. The minimum atomic E-state index is 0.178. The number of pyridine rings is 1. The summed E-state index contributed by atoms with van der Waals surface area (Å²) in [4.78, 5) is 9.14. The number of nitrogens with zero attached hydrogens (tertiary/aromatic N) is 2. The van der Waals surface area contributed by atoms with Crippen LogP contribution in [0.4, 0.5) is 0 Å². The molecule has 2 aromatic rings. The highest BCUT2D eigenvalue weighted by Crippen LogP contribution is 2.30. The van der Waals surface area contributed by atoms with E-state index in [1.165, 1.54) is 5.56 Å². The highest BCUT2D eigenvalue weighted by molar-refractivity contribution is 8.14. The van der Waals surface area contributed by atoms with Crippen LogP contribution < -0.4 is 5.32 Å². The number of thioether (sulfide) groups is 1. The Morgan fingerprint density at radius 2 is 1.95 bits per heavy atom. The fourth-order valence-corrected chi connectivity index (χ4v) is 3.23. The lowest BCUT2D eigenvalue weighted by molar-refractivity contribution is 0.693. The molecule has 2 unspecified atom stereocenters. The number of hydrogen-bond acceptors (Lipinski definition) is 4. The van der Waals surface area contributed by atoms with Gasteiger partial charge in [-0.1, -0.05) is 48.2 Å². The molecule has 102 valence electrons. The molecule has 0 fully saturated rings. The van der Waals surface area contributed by atoms with Gasteiger partial charge in [0.2, 0.25) is 0 Å². The van der Waals surface area contributed by atoms with Crippen LogP contribution in [0.5, 0.6) is 0 Å². The molecule has 3 nitrogen and oxygen atoms in total. The van der Waals surface area contributed by atoms with E-state index in [-0.39, 0.29) is 12.1 Å². The number of aliphatic imine (C=N–C) groups is 1. The molecule has 1 aromatic heterocycles. The predicted octanol–water partition coefficient (Wildman–Crippen LogP) is 3.58. The summed E-state index contributed by atoms with van der Waals surface area (Å²) in [6, 6.07) is 16.9. The van der Waals surface area contributed by atoms with Crippen LogP contribution in [0.15, 0.2) is 59.7 Å². The minimum Gasteiger partial charge on any atom is -0.357 e. The van der Waals surface area contributed by atoms with Crippen molar-refractivity contribution in [3.8, 4) is 0 Å². The third kappa shape index (κ3) is 3.02. The van der Waals surface area contributed by atoms with Gasteiger partial charge < -0.3 is 5.32 Å². The minimum absolute atomic E-state index is 0.178. The smallest absolute Gasteiger partial charge is 0.157 e. The molecule has 2 heterocycles. The third-order valence-corrected chi connectivity index (χ3v) is 4.29. The summed E-state index contributed by atoms with van der Waals surface area (Å²) in [5.74, 6) is 1.00. The maximum absolute atomic E-state index is 4.76. The normalized spacial score (nSPS) is 19.4. The Balaban J connectivity index is 1.67. The van der Waals surface area contributed by atoms with E-state index in [1.54, 1.807) is 11.8 Å². The Morgan fingerprint density at radius 3 is 2.70 bits per heavy atom. The molecule has 1 aliphatic rings. The fourth-order valence-electron chi connectivity index (χ4n) is 2.19. The molecule has 0 radical (unpaired) electrons. The van der Waals surface area contributed by atoms with Gasteiger partial charge in [0.05, 0.1) is 17.8 Å². The zero-order chi connectivity index (χ0) is 13.8. The summed E-state index contributed by atoms with van der Waals surface area (Å²) in [5.41, 5.74) is 2.32. The number of amidine groups is 1. The van der Waals surface area contributed by atoms with Gasteiger partial charge in [-0.05, 0) is 24.6 Å². The summed E-state index contributed by atoms with van der Waals surface area (Å²) in [6.07, 6.45) is 1.82. The van der Waals surface area contributed by atoms with Crippen LogP contribution >= 0.6 is 11.8 Å². The molecule has 0 aliphatic carbocycles. The molecule has 0 amide bonds. The van der Waals surface area contributed by atoms with Crippen LogP contribution in [-0.2, 0) is 0 Å². The van der Waals surface area contributed by atoms with Gasteiger partial charge in [-0.25, -0.2) is 0 Å². The van der Waals surface area contributed by atoms with Crippen molar-refractivity contribution < 1.29 is 0 Å². The number of aromatic nitrogens is 1. The molecule has 0 spiro atoms. The van der Waals surface area contributed by atoms with E-state index in [0.717, 1.165) is 16.6 Å². The van der Waals surface area contributed by atoms with Crippen molar-refractivity contribution in [2.75, 3.05) is 5.75 Å². The van der Waals surface area contributed by atoms with Crippen LogP contribution in [0.25, 0.3) is 0 Å². The van der Waals surface area contributed by atoms with E-state index in [9.17, 15) is 0 Å². The standard InChI is InChI=1S/C16H17N3S/c1-12(14-9-5-6-10-17-14)18-16-19-15(11-20-16)13-7-3-2-4-8-13/h2-10,12,15H,11H2,1H3,(H,18,19). The Bertz CT molecular complexity index is 583. The highest BCUT2D eigenvalue weighted by atomic mass is 32.2. The van der Waals surface area contributed by atoms with Crippen LogP contribution in [-0.4, -0.2) is 15.9 Å². The fraction of sp³-hybridized carbons (Fsp3) is 0.250. The average molecular weight is 283 g/mol. The molecule has 20 heavy (non-hydrogen) atoms. The lowest BCUT2D eigenvalue weighted by Crippen LogP contribution is -2.23. The van der Waals surface area contributed by atoms with Crippen LogP contribution in [0, 0.1) is 0 Å². The van der Waals surface area contributed by atoms with Crippen molar-refractivity contribution in [1.29, 1.82) is 0 Å². The molecule has 1 aliphatic heterocycles. The summed E-state index contributed by atoms with van der Waals surface area (Å²) in [5, 5.41) is 4.46. The second-order valence-corrected chi connectivity index (χ2v) is 5.80. The molecule has 0 saturated carbocycles. The van der Waals surface area contributed by atoms with Gasteiger partial charge >= 0.3 is 0 Å². The van der Waals surface area contributed by atoms with Gasteiger partial charge in [0.1, 0.15) is 0 Å². The maximum atomic E-state index is 4.76. The van der Waals surface area contributed by atoms with Crippen LogP contribution in [0.1, 0.15) is 30.3 Å². The Kier molecular flexibility index (Phi) is 4.02. The second-order valence-electron chi connectivity index (χ2n) is 4.79. The lowest BCUT2D eigenvalue weighted by Gasteiger charge is -2.13. The number of rotatable bonds is 3. The summed E-state index contributed by atoms with van der Waals surface area (Å²) >= 11 is 1.78. The van der Waals surface area contributed by atoms with Gasteiger partial charge in [-0.15, -0.1) is 0 Å². The van der Waals surface area contributed by atoms with E-state index < -0.39 is 0 Å². The van der Waals surface area contributed by atoms with Gasteiger partial charge in [0.15, 0.2) is 5.17 Å². The summed E-state index contributed by atoms with van der Waals surface area (Å²) < 4.78 is 0. The first-order valence-electron chi connectivity index (χ1n) is 6.76.